The average molecular weight is 262 g/mol. The van der Waals surface area contributed by atoms with Gasteiger partial charge in [0.1, 0.15) is 9.84 Å². The summed E-state index contributed by atoms with van der Waals surface area (Å²) in [7, 11) is -2.82. The smallest absolute Gasteiger partial charge is 0.148 e. The molecule has 0 aliphatic heterocycles. The second-order valence-electron chi connectivity index (χ2n) is 5.50. The predicted octanol–water partition coefficient (Wildman–Crippen LogP) is 0.741. The Hall–Kier alpha value is -0.130. The third-order valence-electron chi connectivity index (χ3n) is 2.89. The van der Waals surface area contributed by atoms with E-state index in [1.807, 2.05) is 0 Å². The van der Waals surface area contributed by atoms with Crippen LogP contribution < -0.4 is 5.32 Å². The summed E-state index contributed by atoms with van der Waals surface area (Å²) < 4.78 is 21.9. The van der Waals surface area contributed by atoms with E-state index < -0.39 is 9.84 Å². The van der Waals surface area contributed by atoms with Crippen LogP contribution in [0.3, 0.4) is 0 Å². The van der Waals surface area contributed by atoms with Gasteiger partial charge in [-0.15, -0.1) is 0 Å². The van der Waals surface area contributed by atoms with Gasteiger partial charge < -0.3 is 5.32 Å². The molecule has 5 heteroatoms. The Morgan fingerprint density at radius 3 is 2.41 bits per heavy atom. The van der Waals surface area contributed by atoms with E-state index in [1.165, 1.54) is 19.1 Å². The molecule has 4 nitrogen and oxygen atoms in total. The second kappa shape index (κ2) is 6.71. The summed E-state index contributed by atoms with van der Waals surface area (Å²) >= 11 is 0. The fourth-order valence-electron chi connectivity index (χ4n) is 1.94. The Balaban J connectivity index is 2.10. The molecule has 1 N–H and O–H groups in total. The van der Waals surface area contributed by atoms with Gasteiger partial charge in [0.2, 0.25) is 0 Å². The van der Waals surface area contributed by atoms with E-state index in [0.29, 0.717) is 12.5 Å². The van der Waals surface area contributed by atoms with E-state index in [4.69, 9.17) is 0 Å². The highest BCUT2D eigenvalue weighted by Crippen LogP contribution is 2.26. The summed E-state index contributed by atoms with van der Waals surface area (Å²) in [6, 6.07) is 0.786. The van der Waals surface area contributed by atoms with E-state index in [9.17, 15) is 8.42 Å². The zero-order valence-electron chi connectivity index (χ0n) is 11.3. The number of hydrogen-bond acceptors (Lipinski definition) is 4. The molecule has 0 aromatic carbocycles. The first-order valence-corrected chi connectivity index (χ1v) is 8.57. The maximum absolute atomic E-state index is 10.9. The molecule has 0 unspecified atom stereocenters. The van der Waals surface area contributed by atoms with E-state index in [0.717, 1.165) is 25.7 Å². The molecular weight excluding hydrogens is 236 g/mol. The van der Waals surface area contributed by atoms with Gasteiger partial charge in [0, 0.05) is 38.5 Å². The standard InChI is InChI=1S/C12H26N2O2S/c1-11(2)10-14(12-4-5-12)8-6-13-7-9-17(3,15)16/h11-13H,4-10H2,1-3H3. The van der Waals surface area contributed by atoms with Crippen LogP contribution in [0.25, 0.3) is 0 Å². The van der Waals surface area contributed by atoms with Crippen molar-refractivity contribution in [3.63, 3.8) is 0 Å². The maximum Gasteiger partial charge on any atom is 0.148 e. The molecular formula is C12H26N2O2S. The predicted molar refractivity (Wildman–Crippen MR) is 72.0 cm³/mol. The van der Waals surface area contributed by atoms with Gasteiger partial charge in [0.05, 0.1) is 5.75 Å². The highest BCUT2D eigenvalue weighted by Gasteiger charge is 2.28. The molecule has 0 amide bonds. The number of rotatable bonds is 9. The van der Waals surface area contributed by atoms with Crippen LogP contribution in [0.2, 0.25) is 0 Å². The van der Waals surface area contributed by atoms with E-state index in [-0.39, 0.29) is 5.75 Å². The summed E-state index contributed by atoms with van der Waals surface area (Å²) in [5.74, 6) is 0.937. The Morgan fingerprint density at radius 2 is 1.94 bits per heavy atom. The van der Waals surface area contributed by atoms with Crippen molar-refractivity contribution in [2.24, 2.45) is 5.92 Å². The van der Waals surface area contributed by atoms with Crippen molar-refractivity contribution < 1.29 is 8.42 Å². The number of sulfone groups is 1. The molecule has 102 valence electrons. The summed E-state index contributed by atoms with van der Waals surface area (Å²) in [5.41, 5.74) is 0. The van der Waals surface area contributed by atoms with Crippen LogP contribution in [0.5, 0.6) is 0 Å². The largest absolute Gasteiger partial charge is 0.314 e. The van der Waals surface area contributed by atoms with E-state index >= 15 is 0 Å². The lowest BCUT2D eigenvalue weighted by atomic mass is 10.2. The summed E-state index contributed by atoms with van der Waals surface area (Å²) in [6.45, 7) is 8.13. The van der Waals surface area contributed by atoms with Crippen molar-refractivity contribution in [3.05, 3.63) is 0 Å². The zero-order valence-corrected chi connectivity index (χ0v) is 12.1. The van der Waals surface area contributed by atoms with Crippen LogP contribution in [-0.2, 0) is 9.84 Å². The summed E-state index contributed by atoms with van der Waals surface area (Å²) in [5, 5.41) is 3.21. The first kappa shape index (κ1) is 14.9. The zero-order chi connectivity index (χ0) is 12.9. The van der Waals surface area contributed by atoms with Gasteiger partial charge in [-0.1, -0.05) is 13.8 Å². The third kappa shape index (κ3) is 7.73. The van der Waals surface area contributed by atoms with Crippen molar-refractivity contribution in [1.82, 2.24) is 10.2 Å². The highest BCUT2D eigenvalue weighted by atomic mass is 32.2. The van der Waals surface area contributed by atoms with Gasteiger partial charge in [0.15, 0.2) is 0 Å². The quantitative estimate of drug-likeness (QED) is 0.623. The third-order valence-corrected chi connectivity index (χ3v) is 3.83. The van der Waals surface area contributed by atoms with Gasteiger partial charge in [0.25, 0.3) is 0 Å². The fourth-order valence-corrected chi connectivity index (χ4v) is 2.45. The number of nitrogens with one attached hydrogen (secondary N) is 1. The number of nitrogens with zero attached hydrogens (tertiary/aromatic N) is 1. The lowest BCUT2D eigenvalue weighted by Gasteiger charge is -2.24. The highest BCUT2D eigenvalue weighted by molar-refractivity contribution is 7.90. The minimum absolute atomic E-state index is 0.237. The Kier molecular flexibility index (Phi) is 5.89. The van der Waals surface area contributed by atoms with Gasteiger partial charge in [-0.2, -0.15) is 0 Å². The molecule has 0 saturated heterocycles. The molecule has 1 aliphatic rings. The SMILES string of the molecule is CC(C)CN(CCNCCS(C)(=O)=O)C1CC1. The van der Waals surface area contributed by atoms with Crippen LogP contribution in [0, 0.1) is 5.92 Å². The van der Waals surface area contributed by atoms with Gasteiger partial charge in [-0.05, 0) is 18.8 Å². The van der Waals surface area contributed by atoms with Gasteiger partial charge >= 0.3 is 0 Å². The molecule has 1 saturated carbocycles. The normalized spacial score (nSPS) is 17.0. The van der Waals surface area contributed by atoms with Crippen LogP contribution >= 0.6 is 0 Å². The Labute approximate surface area is 106 Å². The molecule has 17 heavy (non-hydrogen) atoms. The van der Waals surface area contributed by atoms with Crippen LogP contribution in [0.15, 0.2) is 0 Å². The van der Waals surface area contributed by atoms with Gasteiger partial charge in [-0.25, -0.2) is 8.42 Å². The van der Waals surface area contributed by atoms with Crippen molar-refractivity contribution >= 4 is 9.84 Å². The molecule has 0 atom stereocenters. The number of hydrogen-bond donors (Lipinski definition) is 1. The monoisotopic (exact) mass is 262 g/mol. The van der Waals surface area contributed by atoms with E-state index in [2.05, 4.69) is 24.1 Å². The molecule has 0 heterocycles. The molecule has 1 rings (SSSR count). The molecule has 0 aromatic rings. The molecule has 0 spiro atoms. The van der Waals surface area contributed by atoms with Gasteiger partial charge in [-0.3, -0.25) is 4.90 Å². The first-order valence-electron chi connectivity index (χ1n) is 6.51. The van der Waals surface area contributed by atoms with Crippen molar-refractivity contribution in [2.75, 3.05) is 38.2 Å². The Bertz CT molecular complexity index is 310. The maximum atomic E-state index is 10.9. The van der Waals surface area contributed by atoms with Crippen LogP contribution in [0.4, 0.5) is 0 Å². The average Bonchev–Trinajstić information content (AvgIpc) is 2.96. The van der Waals surface area contributed by atoms with E-state index in [1.54, 1.807) is 0 Å². The lowest BCUT2D eigenvalue weighted by Crippen LogP contribution is -2.37. The molecule has 0 radical (unpaired) electrons. The fraction of sp³-hybridized carbons (Fsp3) is 1.00. The molecule has 1 aliphatic carbocycles. The van der Waals surface area contributed by atoms with Crippen molar-refractivity contribution in [1.29, 1.82) is 0 Å². The Morgan fingerprint density at radius 1 is 1.29 bits per heavy atom. The summed E-state index contributed by atoms with van der Waals surface area (Å²) in [6.07, 6.45) is 3.94. The topological polar surface area (TPSA) is 49.4 Å². The minimum Gasteiger partial charge on any atom is -0.314 e. The van der Waals surface area contributed by atoms with Crippen LogP contribution in [-0.4, -0.2) is 57.5 Å². The molecule has 1 fully saturated rings. The van der Waals surface area contributed by atoms with Crippen molar-refractivity contribution in [2.45, 2.75) is 32.7 Å². The first-order chi connectivity index (χ1) is 7.88. The van der Waals surface area contributed by atoms with Crippen LogP contribution in [0.1, 0.15) is 26.7 Å². The molecule has 0 bridgehead atoms. The molecule has 0 aromatic heterocycles. The summed E-state index contributed by atoms with van der Waals surface area (Å²) in [4.78, 5) is 2.53. The second-order valence-corrected chi connectivity index (χ2v) is 7.76. The van der Waals surface area contributed by atoms with Crippen molar-refractivity contribution in [3.8, 4) is 0 Å². The minimum atomic E-state index is -2.82. The lowest BCUT2D eigenvalue weighted by molar-refractivity contribution is 0.235.